The summed E-state index contributed by atoms with van der Waals surface area (Å²) in [5, 5.41) is 24.7. The van der Waals surface area contributed by atoms with Crippen LogP contribution in [-0.2, 0) is 6.42 Å². The Morgan fingerprint density at radius 1 is 1.16 bits per heavy atom. The molecule has 4 rings (SSSR count). The van der Waals surface area contributed by atoms with E-state index in [2.05, 4.69) is 69.2 Å². The van der Waals surface area contributed by atoms with E-state index < -0.39 is 5.60 Å². The van der Waals surface area contributed by atoms with E-state index in [0.717, 1.165) is 50.5 Å². The monoisotopic (exact) mass is 423 g/mol. The highest BCUT2D eigenvalue weighted by Gasteiger charge is 2.66. The van der Waals surface area contributed by atoms with E-state index >= 15 is 0 Å². The van der Waals surface area contributed by atoms with Crippen LogP contribution < -0.4 is 0 Å². The van der Waals surface area contributed by atoms with Gasteiger partial charge in [0.05, 0.1) is 11.7 Å². The molecule has 0 spiro atoms. The number of aliphatic hydroxyl groups excluding tert-OH is 1. The molecular formula is C28H41NO2. The summed E-state index contributed by atoms with van der Waals surface area (Å²) in [7, 11) is 0. The number of hydrogen-bond donors (Lipinski definition) is 3. The number of hydrogen-bond acceptors (Lipinski definition) is 2. The number of rotatable bonds is 5. The smallest absolute Gasteiger partial charge is 0.0657 e. The molecule has 170 valence electrons. The fourth-order valence-electron chi connectivity index (χ4n) is 7.32. The van der Waals surface area contributed by atoms with E-state index in [-0.39, 0.29) is 22.9 Å². The van der Waals surface area contributed by atoms with Gasteiger partial charge < -0.3 is 15.2 Å². The molecule has 0 bridgehead atoms. The van der Waals surface area contributed by atoms with Gasteiger partial charge in [-0.1, -0.05) is 43.7 Å². The molecular weight excluding hydrogens is 382 g/mol. The molecule has 31 heavy (non-hydrogen) atoms. The van der Waals surface area contributed by atoms with Crippen LogP contribution in [0.25, 0.3) is 10.9 Å². The molecule has 1 aromatic heterocycles. The molecule has 2 aromatic rings. The first-order valence-corrected chi connectivity index (χ1v) is 12.2. The second kappa shape index (κ2) is 8.08. The number of aromatic amines is 1. The number of aliphatic hydroxyl groups is 2. The Bertz CT molecular complexity index is 953. The molecule has 0 amide bonds. The SMILES string of the molecule is CC(C)=CCC[C@@]12[C@@H](O)CC[C@@H](C)[C@]1(C)CC[C@@](C)(O)[C@H]2Cc1c[nH]c2ccccc12. The van der Waals surface area contributed by atoms with Gasteiger partial charge in [-0.15, -0.1) is 0 Å². The summed E-state index contributed by atoms with van der Waals surface area (Å²) < 4.78 is 0. The lowest BCUT2D eigenvalue weighted by molar-refractivity contribution is -0.246. The zero-order valence-electron chi connectivity index (χ0n) is 20.0. The molecule has 2 aliphatic rings. The largest absolute Gasteiger partial charge is 0.393 e. The van der Waals surface area contributed by atoms with Crippen LogP contribution >= 0.6 is 0 Å². The normalized spacial score (nSPS) is 38.1. The van der Waals surface area contributed by atoms with Crippen molar-refractivity contribution in [3.8, 4) is 0 Å². The molecule has 2 fully saturated rings. The van der Waals surface area contributed by atoms with Gasteiger partial charge in [0.15, 0.2) is 0 Å². The molecule has 1 aromatic carbocycles. The molecule has 6 atom stereocenters. The number of aromatic nitrogens is 1. The highest BCUT2D eigenvalue weighted by atomic mass is 16.3. The maximum atomic E-state index is 11.8. The Hall–Kier alpha value is -1.58. The van der Waals surface area contributed by atoms with Crippen molar-refractivity contribution in [2.75, 3.05) is 0 Å². The Balaban J connectivity index is 1.84. The van der Waals surface area contributed by atoms with E-state index in [9.17, 15) is 10.2 Å². The fourth-order valence-corrected chi connectivity index (χ4v) is 7.32. The first-order valence-electron chi connectivity index (χ1n) is 12.2. The average molecular weight is 424 g/mol. The quantitative estimate of drug-likeness (QED) is 0.487. The second-order valence-corrected chi connectivity index (χ2v) is 11.2. The molecule has 3 nitrogen and oxygen atoms in total. The van der Waals surface area contributed by atoms with Crippen molar-refractivity contribution in [2.45, 2.75) is 91.3 Å². The number of H-pyrrole nitrogens is 1. The zero-order chi connectivity index (χ0) is 22.4. The van der Waals surface area contributed by atoms with Gasteiger partial charge in [-0.2, -0.15) is 0 Å². The van der Waals surface area contributed by atoms with Gasteiger partial charge in [0.25, 0.3) is 0 Å². The number of para-hydroxylation sites is 1. The second-order valence-electron chi connectivity index (χ2n) is 11.2. The van der Waals surface area contributed by atoms with Crippen molar-refractivity contribution < 1.29 is 10.2 Å². The highest BCUT2D eigenvalue weighted by molar-refractivity contribution is 5.83. The Kier molecular flexibility index (Phi) is 5.89. The average Bonchev–Trinajstić information content (AvgIpc) is 3.13. The number of fused-ring (bicyclic) bond motifs is 2. The molecule has 0 aliphatic heterocycles. The summed E-state index contributed by atoms with van der Waals surface area (Å²) in [6.45, 7) is 11.1. The third-order valence-electron chi connectivity index (χ3n) is 9.35. The standard InChI is InChI=1S/C28H41NO2/c1-19(2)9-8-14-28-24(17-21-18-29-23-11-7-6-10-22(21)23)27(5,31)16-15-26(28,4)20(3)12-13-25(28)30/h6-7,9-11,18,20,24-25,29-31H,8,12-17H2,1-5H3/t20-,24-,25+,26+,27-,28-/m1/s1. The van der Waals surface area contributed by atoms with Crippen molar-refractivity contribution in [1.82, 2.24) is 4.98 Å². The first-order chi connectivity index (χ1) is 14.6. The molecule has 0 saturated heterocycles. The van der Waals surface area contributed by atoms with Crippen LogP contribution in [0, 0.1) is 22.7 Å². The van der Waals surface area contributed by atoms with Crippen molar-refractivity contribution in [1.29, 1.82) is 0 Å². The van der Waals surface area contributed by atoms with E-state index in [1.807, 2.05) is 6.92 Å². The molecule has 2 saturated carbocycles. The van der Waals surface area contributed by atoms with Gasteiger partial charge in [-0.3, -0.25) is 0 Å². The lowest BCUT2D eigenvalue weighted by Gasteiger charge is -2.67. The van der Waals surface area contributed by atoms with Crippen LogP contribution in [0.1, 0.15) is 78.7 Å². The topological polar surface area (TPSA) is 56.2 Å². The molecule has 3 heteroatoms. The van der Waals surface area contributed by atoms with Crippen molar-refractivity contribution in [2.24, 2.45) is 22.7 Å². The van der Waals surface area contributed by atoms with Crippen LogP contribution in [0.2, 0.25) is 0 Å². The molecule has 2 aliphatic carbocycles. The maximum Gasteiger partial charge on any atom is 0.0657 e. The molecule has 0 radical (unpaired) electrons. The first kappa shape index (κ1) is 22.6. The Morgan fingerprint density at radius 2 is 1.90 bits per heavy atom. The summed E-state index contributed by atoms with van der Waals surface area (Å²) >= 11 is 0. The number of nitrogens with one attached hydrogen (secondary N) is 1. The predicted octanol–water partition coefficient (Wildman–Crippen LogP) is 6.40. The van der Waals surface area contributed by atoms with Crippen molar-refractivity contribution in [3.05, 3.63) is 47.7 Å². The minimum absolute atomic E-state index is 0.0151. The Morgan fingerprint density at radius 3 is 2.65 bits per heavy atom. The summed E-state index contributed by atoms with van der Waals surface area (Å²) in [6, 6.07) is 8.44. The lowest BCUT2D eigenvalue weighted by atomic mass is 9.39. The van der Waals surface area contributed by atoms with E-state index in [1.165, 1.54) is 16.5 Å². The molecule has 1 heterocycles. The maximum absolute atomic E-state index is 11.8. The summed E-state index contributed by atoms with van der Waals surface area (Å²) in [6.07, 6.45) is 10.5. The highest BCUT2D eigenvalue weighted by Crippen LogP contribution is 2.67. The molecule has 0 unspecified atom stereocenters. The van der Waals surface area contributed by atoms with Crippen LogP contribution in [0.4, 0.5) is 0 Å². The van der Waals surface area contributed by atoms with Crippen LogP contribution in [-0.4, -0.2) is 26.9 Å². The lowest BCUT2D eigenvalue weighted by Crippen LogP contribution is -2.67. The van der Waals surface area contributed by atoms with Gasteiger partial charge >= 0.3 is 0 Å². The fraction of sp³-hybridized carbons (Fsp3) is 0.643. The summed E-state index contributed by atoms with van der Waals surface area (Å²) in [4.78, 5) is 3.42. The predicted molar refractivity (Wildman–Crippen MR) is 129 cm³/mol. The van der Waals surface area contributed by atoms with Crippen molar-refractivity contribution >= 4 is 10.9 Å². The van der Waals surface area contributed by atoms with Crippen molar-refractivity contribution in [3.63, 3.8) is 0 Å². The van der Waals surface area contributed by atoms with Gasteiger partial charge in [-0.05, 0) is 88.7 Å². The van der Waals surface area contributed by atoms with E-state index in [0.29, 0.717) is 5.92 Å². The zero-order valence-corrected chi connectivity index (χ0v) is 20.0. The minimum Gasteiger partial charge on any atom is -0.393 e. The van der Waals surface area contributed by atoms with Gasteiger partial charge in [-0.25, -0.2) is 0 Å². The third-order valence-corrected chi connectivity index (χ3v) is 9.35. The molecule has 3 N–H and O–H groups in total. The minimum atomic E-state index is -0.791. The van der Waals surface area contributed by atoms with Gasteiger partial charge in [0.1, 0.15) is 0 Å². The van der Waals surface area contributed by atoms with Gasteiger partial charge in [0.2, 0.25) is 0 Å². The third kappa shape index (κ3) is 3.58. The summed E-state index contributed by atoms with van der Waals surface area (Å²) in [5.41, 5.74) is 2.67. The van der Waals surface area contributed by atoms with E-state index in [4.69, 9.17) is 0 Å². The van der Waals surface area contributed by atoms with Crippen LogP contribution in [0.15, 0.2) is 42.1 Å². The van der Waals surface area contributed by atoms with Crippen LogP contribution in [0.3, 0.4) is 0 Å². The van der Waals surface area contributed by atoms with Crippen LogP contribution in [0.5, 0.6) is 0 Å². The van der Waals surface area contributed by atoms with E-state index in [1.54, 1.807) is 0 Å². The van der Waals surface area contributed by atoms with Gasteiger partial charge in [0, 0.05) is 28.4 Å². The Labute approximate surface area is 188 Å². The summed E-state index contributed by atoms with van der Waals surface area (Å²) in [5.74, 6) is 0.561. The number of allylic oxidation sites excluding steroid dienone is 2. The number of benzene rings is 1.